The molecule has 6 rings (SSSR count). The van der Waals surface area contributed by atoms with Gasteiger partial charge in [0.2, 0.25) is 5.91 Å². The summed E-state index contributed by atoms with van der Waals surface area (Å²) in [6, 6.07) is 7.34. The molecule has 47 heavy (non-hydrogen) atoms. The van der Waals surface area contributed by atoms with Gasteiger partial charge in [-0.15, -0.1) is 12.5 Å². The summed E-state index contributed by atoms with van der Waals surface area (Å²) >= 11 is 0. The quantitative estimate of drug-likeness (QED) is 0.190. The summed E-state index contributed by atoms with van der Waals surface area (Å²) in [4.78, 5) is 37.7. The molecule has 1 aromatic carbocycles. The largest absolute Gasteiger partial charge is 1.00 e. The Morgan fingerprint density at radius 1 is 0.915 bits per heavy atom. The Kier molecular flexibility index (Phi) is 12.5. The first-order chi connectivity index (χ1) is 21.8. The van der Waals surface area contributed by atoms with Gasteiger partial charge in [0.15, 0.2) is 0 Å². The standard InChI is InChI=1S/C37H52NO5.C3H6.K/c1-23(39)43-31-17-20-36(5)29(34(31,2)3)16-19-35(4)27-15-21-37(18-7-8-28(37)26(27)13-14-30(35)36)33(41)38-22-24-9-11-25(12-10-24)32(40)42-6;1-3-2;/h9-12,27-31H,7-8,13-22H2,1-6H3,(H,38,41);3H,1H2,2H3;/q-1;;+1. The van der Waals surface area contributed by atoms with Crippen molar-refractivity contribution in [1.82, 2.24) is 5.32 Å². The van der Waals surface area contributed by atoms with Crippen LogP contribution in [0.1, 0.15) is 128 Å². The van der Waals surface area contributed by atoms with E-state index in [1.807, 2.05) is 19.1 Å². The van der Waals surface area contributed by atoms with Crippen molar-refractivity contribution in [3.8, 4) is 0 Å². The van der Waals surface area contributed by atoms with E-state index in [0.29, 0.717) is 35.8 Å². The van der Waals surface area contributed by atoms with E-state index in [1.54, 1.807) is 31.1 Å². The van der Waals surface area contributed by atoms with Gasteiger partial charge in [-0.2, -0.15) is 12.3 Å². The van der Waals surface area contributed by atoms with Gasteiger partial charge in [0.1, 0.15) is 6.10 Å². The first kappa shape index (κ1) is 38.8. The van der Waals surface area contributed by atoms with Crippen molar-refractivity contribution in [3.63, 3.8) is 0 Å². The van der Waals surface area contributed by atoms with Gasteiger partial charge in [-0.3, -0.25) is 9.59 Å². The Bertz CT molecular complexity index is 1310. The predicted molar refractivity (Wildman–Crippen MR) is 181 cm³/mol. The van der Waals surface area contributed by atoms with Crippen molar-refractivity contribution in [1.29, 1.82) is 0 Å². The van der Waals surface area contributed by atoms with Gasteiger partial charge < -0.3 is 20.7 Å². The maximum absolute atomic E-state index is 14.0. The number of carbonyl (C=O) groups is 3. The Balaban J connectivity index is 0.00000120. The van der Waals surface area contributed by atoms with E-state index >= 15 is 0 Å². The van der Waals surface area contributed by atoms with Crippen LogP contribution in [0.5, 0.6) is 0 Å². The SMILES string of the molecule is C=CC.COC(=O)c1ccc(CNC(=O)C23CCCC2[C-]2CCC4C(C)(CCC5C(C)(C)C(OC(C)=O)CCC54C)C2CC3)cc1.[K+]. The number of benzene rings is 1. The summed E-state index contributed by atoms with van der Waals surface area (Å²) in [7, 11) is 1.39. The molecule has 5 fully saturated rings. The second kappa shape index (κ2) is 15.1. The van der Waals surface area contributed by atoms with E-state index in [2.05, 4.69) is 39.6 Å². The summed E-state index contributed by atoms with van der Waals surface area (Å²) in [5.74, 6) is 3.67. The Labute approximate surface area is 326 Å². The fourth-order valence-electron chi connectivity index (χ4n) is 11.8. The van der Waals surface area contributed by atoms with Crippen LogP contribution in [0, 0.1) is 51.2 Å². The van der Waals surface area contributed by atoms with Crippen LogP contribution in [-0.2, 0) is 25.6 Å². The smallest absolute Gasteiger partial charge is 0.465 e. The molecular weight excluding hydrogens is 614 g/mol. The molecule has 5 saturated carbocycles. The maximum Gasteiger partial charge on any atom is 1.00 e. The van der Waals surface area contributed by atoms with Crippen molar-refractivity contribution < 1.29 is 75.2 Å². The van der Waals surface area contributed by atoms with Crippen LogP contribution in [0.3, 0.4) is 0 Å². The molecule has 1 N–H and O–H groups in total. The normalized spacial score (nSPS) is 36.7. The van der Waals surface area contributed by atoms with E-state index in [-0.39, 0.29) is 97.0 Å². The number of fused-ring (bicyclic) bond motifs is 7. The molecule has 1 amide bonds. The summed E-state index contributed by atoms with van der Waals surface area (Å²) in [6.45, 7) is 17.2. The zero-order chi connectivity index (χ0) is 33.5. The number of allylic oxidation sites excluding steroid dienone is 1. The van der Waals surface area contributed by atoms with Crippen LogP contribution < -0.4 is 56.7 Å². The summed E-state index contributed by atoms with van der Waals surface area (Å²) in [5, 5.41) is 3.32. The first-order valence-electron chi connectivity index (χ1n) is 17.8. The molecule has 1 aromatic rings. The number of rotatable bonds is 5. The third kappa shape index (κ3) is 6.88. The number of ether oxygens (including phenoxy) is 2. The number of hydrogen-bond donors (Lipinski definition) is 1. The second-order valence-corrected chi connectivity index (χ2v) is 16.2. The monoisotopic (exact) mass is 671 g/mol. The molecule has 0 spiro atoms. The van der Waals surface area contributed by atoms with Gasteiger partial charge in [-0.05, 0) is 80.4 Å². The van der Waals surface area contributed by atoms with Gasteiger partial charge in [0.25, 0.3) is 0 Å². The average molecular weight is 672 g/mol. The minimum absolute atomic E-state index is 0. The third-order valence-electron chi connectivity index (χ3n) is 13.7. The maximum atomic E-state index is 14.0. The number of carbonyl (C=O) groups excluding carboxylic acids is 3. The fourth-order valence-corrected chi connectivity index (χ4v) is 11.8. The van der Waals surface area contributed by atoms with E-state index in [0.717, 1.165) is 56.9 Å². The molecule has 254 valence electrons. The van der Waals surface area contributed by atoms with E-state index in [1.165, 1.54) is 26.4 Å². The van der Waals surface area contributed by atoms with Crippen LogP contribution >= 0.6 is 0 Å². The van der Waals surface area contributed by atoms with Crippen LogP contribution in [0.4, 0.5) is 0 Å². The third-order valence-corrected chi connectivity index (χ3v) is 13.7. The van der Waals surface area contributed by atoms with Gasteiger partial charge >= 0.3 is 63.3 Å². The topological polar surface area (TPSA) is 81.7 Å². The predicted octanol–water partition coefficient (Wildman–Crippen LogP) is 5.64. The molecule has 0 aliphatic heterocycles. The minimum Gasteiger partial charge on any atom is -0.465 e. The van der Waals surface area contributed by atoms with Crippen molar-refractivity contribution in [3.05, 3.63) is 54.0 Å². The summed E-state index contributed by atoms with van der Waals surface area (Å²) in [6.07, 6.45) is 14.1. The number of hydrogen-bond acceptors (Lipinski definition) is 5. The van der Waals surface area contributed by atoms with Crippen molar-refractivity contribution in [2.75, 3.05) is 7.11 Å². The van der Waals surface area contributed by atoms with Gasteiger partial charge in [0, 0.05) is 24.3 Å². The molecule has 5 aliphatic rings. The number of amides is 1. The molecule has 8 unspecified atom stereocenters. The zero-order valence-electron chi connectivity index (χ0n) is 30.5. The molecule has 0 bridgehead atoms. The molecule has 5 aliphatic carbocycles. The summed E-state index contributed by atoms with van der Waals surface area (Å²) < 4.78 is 10.7. The average Bonchev–Trinajstić information content (AvgIpc) is 3.47. The van der Waals surface area contributed by atoms with Crippen LogP contribution in [0.15, 0.2) is 36.9 Å². The Morgan fingerprint density at radius 2 is 1.57 bits per heavy atom. The van der Waals surface area contributed by atoms with Crippen LogP contribution in [0.2, 0.25) is 0 Å². The molecule has 0 heterocycles. The zero-order valence-corrected chi connectivity index (χ0v) is 33.6. The molecule has 0 aromatic heterocycles. The first-order valence-corrected chi connectivity index (χ1v) is 17.8. The fraction of sp³-hybridized carbons (Fsp3) is 0.700. The molecular formula is C40H58KNO5. The van der Waals surface area contributed by atoms with E-state index < -0.39 is 0 Å². The summed E-state index contributed by atoms with van der Waals surface area (Å²) in [5.41, 5.74) is 1.76. The van der Waals surface area contributed by atoms with E-state index in [9.17, 15) is 14.4 Å². The molecule has 7 heteroatoms. The van der Waals surface area contributed by atoms with E-state index in [4.69, 9.17) is 9.47 Å². The van der Waals surface area contributed by atoms with Crippen molar-refractivity contribution >= 4 is 17.8 Å². The van der Waals surface area contributed by atoms with Gasteiger partial charge in [-0.25, -0.2) is 4.79 Å². The Hall–Kier alpha value is -0.994. The molecule has 6 nitrogen and oxygen atoms in total. The van der Waals surface area contributed by atoms with Gasteiger partial charge in [-0.1, -0.05) is 77.0 Å². The second-order valence-electron chi connectivity index (χ2n) is 16.2. The molecule has 0 saturated heterocycles. The molecule has 8 atom stereocenters. The van der Waals surface area contributed by atoms with Crippen LogP contribution in [-0.4, -0.2) is 31.1 Å². The number of nitrogens with one attached hydrogen (secondary N) is 1. The van der Waals surface area contributed by atoms with Gasteiger partial charge in [0.05, 0.1) is 12.7 Å². The Morgan fingerprint density at radius 3 is 2.21 bits per heavy atom. The van der Waals surface area contributed by atoms with Crippen molar-refractivity contribution in [2.45, 2.75) is 125 Å². The van der Waals surface area contributed by atoms with Crippen molar-refractivity contribution in [2.24, 2.45) is 45.3 Å². The number of esters is 2. The molecule has 0 radical (unpaired) electrons. The van der Waals surface area contributed by atoms with Crippen LogP contribution in [0.25, 0.3) is 0 Å². The minimum atomic E-state index is -0.346. The number of methoxy groups -OCH3 is 1.